The molecule has 1 saturated heterocycles. The lowest BCUT2D eigenvalue weighted by Gasteiger charge is -2.33. The Labute approximate surface area is 136 Å². The summed E-state index contributed by atoms with van der Waals surface area (Å²) in [5.41, 5.74) is 2.50. The number of imidazole rings is 1. The first-order valence-electron chi connectivity index (χ1n) is 6.62. The monoisotopic (exact) mass is 330 g/mol. The molecule has 0 spiro atoms. The molecule has 0 radical (unpaired) electrons. The highest BCUT2D eigenvalue weighted by Crippen LogP contribution is 2.12. The van der Waals surface area contributed by atoms with Crippen LogP contribution in [0.15, 0.2) is 24.5 Å². The fourth-order valence-corrected chi connectivity index (χ4v) is 2.48. The Morgan fingerprint density at radius 2 is 2.19 bits per heavy atom. The molecule has 2 aromatic heterocycles. The summed E-state index contributed by atoms with van der Waals surface area (Å²) in [6, 6.07) is 4.21. The van der Waals surface area contributed by atoms with Gasteiger partial charge in [-0.05, 0) is 31.5 Å². The summed E-state index contributed by atoms with van der Waals surface area (Å²) < 4.78 is 1.90. The molecule has 1 amide bonds. The predicted octanol–water partition coefficient (Wildman–Crippen LogP) is 1.92. The number of hydrogen-bond acceptors (Lipinski definition) is 3. The van der Waals surface area contributed by atoms with Crippen molar-refractivity contribution in [3.05, 3.63) is 35.8 Å². The number of carbonyl (C=O) groups is 1. The summed E-state index contributed by atoms with van der Waals surface area (Å²) in [5.74, 6) is 0.0235. The van der Waals surface area contributed by atoms with Gasteiger partial charge in [-0.1, -0.05) is 0 Å². The van der Waals surface area contributed by atoms with Gasteiger partial charge in [0.25, 0.3) is 5.91 Å². The number of halogens is 2. The zero-order chi connectivity index (χ0) is 13.4. The van der Waals surface area contributed by atoms with Crippen molar-refractivity contribution < 1.29 is 4.79 Å². The summed E-state index contributed by atoms with van der Waals surface area (Å²) in [4.78, 5) is 18.8. The van der Waals surface area contributed by atoms with Crippen LogP contribution in [0.1, 0.15) is 23.0 Å². The number of fused-ring (bicyclic) bond motifs is 1. The van der Waals surface area contributed by atoms with Crippen LogP contribution < -0.4 is 5.32 Å². The molecule has 5 nitrogen and oxygen atoms in total. The Hall–Kier alpha value is -1.30. The van der Waals surface area contributed by atoms with E-state index in [4.69, 9.17) is 0 Å². The predicted molar refractivity (Wildman–Crippen MR) is 87.8 cm³/mol. The molecule has 7 heteroatoms. The van der Waals surface area contributed by atoms with Gasteiger partial charge in [-0.3, -0.25) is 4.79 Å². The summed E-state index contributed by atoms with van der Waals surface area (Å²) in [6.45, 7) is 6.52. The topological polar surface area (TPSA) is 49.6 Å². The normalized spacial score (nSPS) is 18.0. The molecule has 3 rings (SSSR count). The minimum absolute atomic E-state index is 0. The number of aryl methyl sites for hydroxylation is 1. The van der Waals surface area contributed by atoms with Crippen LogP contribution in [0.3, 0.4) is 0 Å². The molecule has 0 unspecified atom stereocenters. The lowest BCUT2D eigenvalue weighted by Crippen LogP contribution is -2.52. The van der Waals surface area contributed by atoms with E-state index in [1.165, 1.54) is 0 Å². The second kappa shape index (κ2) is 7.11. The molecular formula is C14H20Cl2N4O. The number of amides is 1. The number of carbonyl (C=O) groups excluding carboxylic acids is 1. The van der Waals surface area contributed by atoms with Crippen molar-refractivity contribution in [1.82, 2.24) is 19.6 Å². The number of nitrogens with one attached hydrogen (secondary N) is 1. The molecule has 0 bridgehead atoms. The van der Waals surface area contributed by atoms with E-state index in [-0.39, 0.29) is 36.8 Å². The number of hydrogen-bond donors (Lipinski definition) is 1. The minimum Gasteiger partial charge on any atom is -0.332 e. The van der Waals surface area contributed by atoms with Gasteiger partial charge in [-0.2, -0.15) is 0 Å². The second-order valence-electron chi connectivity index (χ2n) is 5.15. The van der Waals surface area contributed by atoms with Gasteiger partial charge >= 0.3 is 0 Å². The molecule has 1 aliphatic rings. The van der Waals surface area contributed by atoms with Gasteiger partial charge in [0, 0.05) is 38.1 Å². The molecule has 0 saturated carbocycles. The molecule has 0 aromatic carbocycles. The van der Waals surface area contributed by atoms with Gasteiger partial charge in [-0.15, -0.1) is 24.8 Å². The van der Waals surface area contributed by atoms with E-state index in [1.54, 1.807) is 0 Å². The average molecular weight is 331 g/mol. The zero-order valence-electron chi connectivity index (χ0n) is 12.1. The number of nitrogens with zero attached hydrogens (tertiary/aromatic N) is 3. The summed E-state index contributed by atoms with van der Waals surface area (Å²) in [6.07, 6.45) is 3.75. The van der Waals surface area contributed by atoms with Gasteiger partial charge in [0.1, 0.15) is 11.3 Å². The Morgan fingerprint density at radius 3 is 2.90 bits per heavy atom. The van der Waals surface area contributed by atoms with Crippen LogP contribution in [0.4, 0.5) is 0 Å². The smallest absolute Gasteiger partial charge is 0.274 e. The number of rotatable bonds is 1. The Bertz CT molecular complexity index is 628. The fraction of sp³-hybridized carbons (Fsp3) is 0.429. The highest BCUT2D eigenvalue weighted by atomic mass is 35.5. The molecule has 0 aliphatic carbocycles. The molecular weight excluding hydrogens is 311 g/mol. The Balaban J connectivity index is 0.00000110. The van der Waals surface area contributed by atoms with Crippen LogP contribution in [0, 0.1) is 6.92 Å². The van der Waals surface area contributed by atoms with Gasteiger partial charge < -0.3 is 14.6 Å². The molecule has 3 heterocycles. The summed E-state index contributed by atoms with van der Waals surface area (Å²) >= 11 is 0. The van der Waals surface area contributed by atoms with Crippen LogP contribution >= 0.6 is 24.8 Å². The molecule has 1 atom stereocenters. The third kappa shape index (κ3) is 3.48. The van der Waals surface area contributed by atoms with Gasteiger partial charge in [0.2, 0.25) is 0 Å². The number of pyridine rings is 1. The van der Waals surface area contributed by atoms with Gasteiger partial charge in [0.15, 0.2) is 0 Å². The number of piperazine rings is 1. The van der Waals surface area contributed by atoms with Gasteiger partial charge in [-0.25, -0.2) is 4.98 Å². The van der Waals surface area contributed by atoms with Crippen molar-refractivity contribution in [2.45, 2.75) is 19.9 Å². The Morgan fingerprint density at radius 1 is 1.43 bits per heavy atom. The minimum atomic E-state index is 0. The highest BCUT2D eigenvalue weighted by molar-refractivity contribution is 5.93. The maximum absolute atomic E-state index is 12.5. The standard InChI is InChI=1S/C14H18N4O.2ClH/c1-10-3-5-17-9-12(16-13(17)7-10)14(19)18-6-4-15-8-11(18)2;;/h3,5,7,9,11,15H,4,6,8H2,1-2H3;2*1H/t11-;;/m0../s1. The van der Waals surface area contributed by atoms with E-state index in [2.05, 4.69) is 17.2 Å². The molecule has 21 heavy (non-hydrogen) atoms. The van der Waals surface area contributed by atoms with Crippen molar-refractivity contribution in [1.29, 1.82) is 0 Å². The van der Waals surface area contributed by atoms with Crippen LogP contribution in [0.2, 0.25) is 0 Å². The fourth-order valence-electron chi connectivity index (χ4n) is 2.48. The maximum atomic E-state index is 12.5. The summed E-state index contributed by atoms with van der Waals surface area (Å²) in [5, 5.41) is 3.29. The molecule has 1 aliphatic heterocycles. The van der Waals surface area contributed by atoms with E-state index in [9.17, 15) is 4.79 Å². The van der Waals surface area contributed by atoms with Crippen molar-refractivity contribution in [3.63, 3.8) is 0 Å². The first kappa shape index (κ1) is 17.8. The van der Waals surface area contributed by atoms with Crippen LogP contribution in [-0.2, 0) is 0 Å². The zero-order valence-corrected chi connectivity index (χ0v) is 13.7. The van der Waals surface area contributed by atoms with E-state index in [0.717, 1.165) is 30.8 Å². The first-order chi connectivity index (χ1) is 9.15. The third-order valence-electron chi connectivity index (χ3n) is 3.60. The van der Waals surface area contributed by atoms with Crippen LogP contribution in [0.5, 0.6) is 0 Å². The maximum Gasteiger partial charge on any atom is 0.274 e. The third-order valence-corrected chi connectivity index (χ3v) is 3.60. The molecule has 116 valence electrons. The summed E-state index contributed by atoms with van der Waals surface area (Å²) in [7, 11) is 0. The number of aromatic nitrogens is 2. The Kier molecular flexibility index (Phi) is 6.01. The average Bonchev–Trinajstić information content (AvgIpc) is 2.81. The highest BCUT2D eigenvalue weighted by Gasteiger charge is 2.25. The molecule has 1 N–H and O–H groups in total. The van der Waals surface area contributed by atoms with E-state index in [0.29, 0.717) is 5.69 Å². The second-order valence-corrected chi connectivity index (χ2v) is 5.15. The van der Waals surface area contributed by atoms with Crippen molar-refractivity contribution >= 4 is 36.4 Å². The van der Waals surface area contributed by atoms with Gasteiger partial charge in [0.05, 0.1) is 0 Å². The lowest BCUT2D eigenvalue weighted by molar-refractivity contribution is 0.0650. The van der Waals surface area contributed by atoms with Crippen LogP contribution in [0.25, 0.3) is 5.65 Å². The molecule has 1 fully saturated rings. The van der Waals surface area contributed by atoms with Crippen molar-refractivity contribution in [2.75, 3.05) is 19.6 Å². The van der Waals surface area contributed by atoms with Crippen molar-refractivity contribution in [2.24, 2.45) is 0 Å². The largest absolute Gasteiger partial charge is 0.332 e. The molecule has 2 aromatic rings. The van der Waals surface area contributed by atoms with E-state index in [1.807, 2.05) is 40.8 Å². The van der Waals surface area contributed by atoms with E-state index >= 15 is 0 Å². The van der Waals surface area contributed by atoms with Crippen molar-refractivity contribution in [3.8, 4) is 0 Å². The SMILES string of the molecule is Cc1ccn2cc(C(=O)N3CCNC[C@@H]3C)nc2c1.Cl.Cl. The van der Waals surface area contributed by atoms with Crippen LogP contribution in [-0.4, -0.2) is 45.9 Å². The first-order valence-corrected chi connectivity index (χ1v) is 6.62. The quantitative estimate of drug-likeness (QED) is 0.869. The van der Waals surface area contributed by atoms with E-state index < -0.39 is 0 Å². The lowest BCUT2D eigenvalue weighted by atomic mass is 10.2.